The number of pyridine rings is 1. The SMILES string of the molecule is [CH2]C(CC[C@]1(c2ccccn2)CCOC2(CCCC2)C1)c1ccccc1C(F)(F)F. The topological polar surface area (TPSA) is 22.1 Å². The highest BCUT2D eigenvalue weighted by Crippen LogP contribution is 2.51. The van der Waals surface area contributed by atoms with Crippen LogP contribution in [0.3, 0.4) is 0 Å². The number of hydrogen-bond donors (Lipinski definition) is 0. The summed E-state index contributed by atoms with van der Waals surface area (Å²) >= 11 is 0. The normalized spacial score (nSPS) is 24.8. The van der Waals surface area contributed by atoms with E-state index >= 15 is 0 Å². The van der Waals surface area contributed by atoms with Gasteiger partial charge in [0.05, 0.1) is 11.2 Å². The van der Waals surface area contributed by atoms with Crippen molar-refractivity contribution in [2.45, 2.75) is 74.5 Å². The molecule has 1 aromatic heterocycles. The molecule has 2 nitrogen and oxygen atoms in total. The van der Waals surface area contributed by atoms with E-state index in [4.69, 9.17) is 4.74 Å². The van der Waals surface area contributed by atoms with Crippen LogP contribution < -0.4 is 0 Å². The largest absolute Gasteiger partial charge is 0.416 e. The van der Waals surface area contributed by atoms with Crippen LogP contribution in [0.2, 0.25) is 0 Å². The van der Waals surface area contributed by atoms with Gasteiger partial charge in [-0.2, -0.15) is 13.2 Å². The standard InChI is InChI=1S/C25H29F3NO/c1-19(20-8-2-3-9-21(20)25(26,27)28)11-14-23(22-10-4-7-16-29-22)15-17-30-24(18-23)12-5-6-13-24/h2-4,7-10,16,19H,1,5-6,11-15,17-18H2/t19?,23-/m0/s1. The maximum Gasteiger partial charge on any atom is 0.416 e. The fraction of sp³-hybridized carbons (Fsp3) is 0.520. The summed E-state index contributed by atoms with van der Waals surface area (Å²) in [5, 5.41) is 0. The molecule has 1 aliphatic carbocycles. The third kappa shape index (κ3) is 4.27. The number of nitrogens with zero attached hydrogens (tertiary/aromatic N) is 1. The lowest BCUT2D eigenvalue weighted by molar-refractivity contribution is -0.138. The Morgan fingerprint density at radius 1 is 1.03 bits per heavy atom. The minimum Gasteiger partial charge on any atom is -0.375 e. The zero-order valence-electron chi connectivity index (χ0n) is 17.3. The van der Waals surface area contributed by atoms with Gasteiger partial charge in [-0.15, -0.1) is 0 Å². The molecule has 2 aliphatic rings. The lowest BCUT2D eigenvalue weighted by Crippen LogP contribution is -2.46. The number of ether oxygens (including phenoxy) is 1. The molecule has 1 aliphatic heterocycles. The zero-order valence-corrected chi connectivity index (χ0v) is 17.3. The van der Waals surface area contributed by atoms with Crippen molar-refractivity contribution in [2.75, 3.05) is 6.61 Å². The van der Waals surface area contributed by atoms with Gasteiger partial charge in [0.25, 0.3) is 0 Å². The van der Waals surface area contributed by atoms with Crippen molar-refractivity contribution in [2.24, 2.45) is 0 Å². The Bertz CT molecular complexity index is 845. The van der Waals surface area contributed by atoms with Gasteiger partial charge < -0.3 is 4.74 Å². The van der Waals surface area contributed by atoms with E-state index in [1.165, 1.54) is 18.9 Å². The van der Waals surface area contributed by atoms with Gasteiger partial charge in [-0.05, 0) is 75.1 Å². The highest BCUT2D eigenvalue weighted by Gasteiger charge is 2.48. The Balaban J connectivity index is 1.60. The van der Waals surface area contributed by atoms with Crippen LogP contribution >= 0.6 is 0 Å². The molecule has 1 radical (unpaired) electrons. The molecule has 2 atom stereocenters. The molecular formula is C25H29F3NO. The van der Waals surface area contributed by atoms with E-state index in [2.05, 4.69) is 18.0 Å². The second kappa shape index (κ2) is 8.33. The van der Waals surface area contributed by atoms with Crippen molar-refractivity contribution in [1.82, 2.24) is 4.98 Å². The molecule has 0 amide bonds. The molecule has 5 heteroatoms. The third-order valence-corrected chi connectivity index (χ3v) is 7.05. The lowest BCUT2D eigenvalue weighted by Gasteiger charge is -2.47. The second-order valence-corrected chi connectivity index (χ2v) is 8.98. The van der Waals surface area contributed by atoms with Crippen molar-refractivity contribution < 1.29 is 17.9 Å². The highest BCUT2D eigenvalue weighted by atomic mass is 19.4. The Labute approximate surface area is 176 Å². The summed E-state index contributed by atoms with van der Waals surface area (Å²) < 4.78 is 46.7. The molecule has 4 rings (SSSR count). The van der Waals surface area contributed by atoms with Crippen LogP contribution in [-0.4, -0.2) is 17.2 Å². The van der Waals surface area contributed by atoms with Crippen LogP contribution in [0.4, 0.5) is 13.2 Å². The van der Waals surface area contributed by atoms with Crippen molar-refractivity contribution in [1.29, 1.82) is 0 Å². The molecule has 0 bridgehead atoms. The van der Waals surface area contributed by atoms with Gasteiger partial charge in [0.15, 0.2) is 0 Å². The molecule has 1 spiro atoms. The molecular weight excluding hydrogens is 387 g/mol. The van der Waals surface area contributed by atoms with E-state index in [9.17, 15) is 13.2 Å². The van der Waals surface area contributed by atoms with Crippen LogP contribution in [0.1, 0.15) is 74.1 Å². The molecule has 2 aromatic rings. The fourth-order valence-corrected chi connectivity index (χ4v) is 5.51. The number of aromatic nitrogens is 1. The summed E-state index contributed by atoms with van der Waals surface area (Å²) in [5.74, 6) is -0.425. The average Bonchev–Trinajstić information content (AvgIpc) is 3.19. The van der Waals surface area contributed by atoms with Crippen molar-refractivity contribution in [3.8, 4) is 0 Å². The first-order valence-corrected chi connectivity index (χ1v) is 10.9. The molecule has 161 valence electrons. The fourth-order valence-electron chi connectivity index (χ4n) is 5.51. The Morgan fingerprint density at radius 3 is 2.47 bits per heavy atom. The van der Waals surface area contributed by atoms with Crippen molar-refractivity contribution in [3.63, 3.8) is 0 Å². The first-order chi connectivity index (χ1) is 14.3. The first-order valence-electron chi connectivity index (χ1n) is 10.9. The quantitative estimate of drug-likeness (QED) is 0.531. The Hall–Kier alpha value is -1.88. The smallest absolute Gasteiger partial charge is 0.375 e. The number of rotatable bonds is 5. The van der Waals surface area contributed by atoms with Gasteiger partial charge in [0.1, 0.15) is 0 Å². The van der Waals surface area contributed by atoms with E-state index in [0.717, 1.165) is 43.9 Å². The van der Waals surface area contributed by atoms with Gasteiger partial charge in [0, 0.05) is 23.9 Å². The van der Waals surface area contributed by atoms with Crippen LogP contribution in [-0.2, 0) is 16.3 Å². The van der Waals surface area contributed by atoms with Gasteiger partial charge in [-0.3, -0.25) is 4.98 Å². The van der Waals surface area contributed by atoms with E-state index < -0.39 is 17.7 Å². The molecule has 1 unspecified atom stereocenters. The van der Waals surface area contributed by atoms with E-state index in [1.807, 2.05) is 18.3 Å². The molecule has 2 fully saturated rings. The van der Waals surface area contributed by atoms with E-state index in [1.54, 1.807) is 12.1 Å². The first kappa shape index (κ1) is 21.4. The van der Waals surface area contributed by atoms with Crippen LogP contribution in [0.5, 0.6) is 0 Å². The highest BCUT2D eigenvalue weighted by molar-refractivity contribution is 5.33. The summed E-state index contributed by atoms with van der Waals surface area (Å²) in [6.07, 6.45) is 5.01. The summed E-state index contributed by atoms with van der Waals surface area (Å²) in [4.78, 5) is 4.68. The van der Waals surface area contributed by atoms with Crippen LogP contribution in [0.15, 0.2) is 48.7 Å². The molecule has 1 saturated heterocycles. The maximum atomic E-state index is 13.5. The number of halogens is 3. The van der Waals surface area contributed by atoms with E-state index in [0.29, 0.717) is 13.0 Å². The summed E-state index contributed by atoms with van der Waals surface area (Å²) in [6.45, 7) is 4.81. The molecule has 0 N–H and O–H groups in total. The van der Waals surface area contributed by atoms with Crippen molar-refractivity contribution >= 4 is 0 Å². The monoisotopic (exact) mass is 416 g/mol. The maximum absolute atomic E-state index is 13.5. The molecule has 2 heterocycles. The number of alkyl halides is 3. The van der Waals surface area contributed by atoms with Crippen LogP contribution in [0.25, 0.3) is 0 Å². The number of benzene rings is 1. The Kier molecular flexibility index (Phi) is 5.93. The molecule has 30 heavy (non-hydrogen) atoms. The predicted molar refractivity (Wildman–Crippen MR) is 111 cm³/mol. The van der Waals surface area contributed by atoms with E-state index in [-0.39, 0.29) is 16.6 Å². The molecule has 1 aromatic carbocycles. The third-order valence-electron chi connectivity index (χ3n) is 7.05. The van der Waals surface area contributed by atoms with Crippen molar-refractivity contribution in [3.05, 3.63) is 72.4 Å². The van der Waals surface area contributed by atoms with Gasteiger partial charge in [0.2, 0.25) is 0 Å². The van der Waals surface area contributed by atoms with Gasteiger partial charge >= 0.3 is 6.18 Å². The molecule has 1 saturated carbocycles. The van der Waals surface area contributed by atoms with Crippen LogP contribution in [0, 0.1) is 6.92 Å². The summed E-state index contributed by atoms with van der Waals surface area (Å²) in [7, 11) is 0. The zero-order chi connectivity index (χ0) is 21.2. The Morgan fingerprint density at radius 2 is 1.77 bits per heavy atom. The number of hydrogen-bond acceptors (Lipinski definition) is 2. The second-order valence-electron chi connectivity index (χ2n) is 8.98. The minimum atomic E-state index is -4.36. The summed E-state index contributed by atoms with van der Waals surface area (Å²) in [6, 6.07) is 11.8. The van der Waals surface area contributed by atoms with Gasteiger partial charge in [-0.25, -0.2) is 0 Å². The summed E-state index contributed by atoms with van der Waals surface area (Å²) in [5.41, 5.74) is 0.472. The van der Waals surface area contributed by atoms with Gasteiger partial charge in [-0.1, -0.05) is 37.1 Å². The average molecular weight is 417 g/mol. The predicted octanol–water partition coefficient (Wildman–Crippen LogP) is 6.86. The minimum absolute atomic E-state index is 0.101. The lowest BCUT2D eigenvalue weighted by atomic mass is 9.66.